The van der Waals surface area contributed by atoms with E-state index in [0.29, 0.717) is 19.6 Å². The van der Waals surface area contributed by atoms with Crippen molar-refractivity contribution in [1.29, 1.82) is 0 Å². The Hall–Kier alpha value is -0.660. The fourth-order valence-electron chi connectivity index (χ4n) is 0.957. The molecule has 17 heavy (non-hydrogen) atoms. The third kappa shape index (κ3) is 5.47. The molecule has 0 radical (unpaired) electrons. The minimum absolute atomic E-state index is 0.324. The predicted octanol–water partition coefficient (Wildman–Crippen LogP) is -1.10. The van der Waals surface area contributed by atoms with Crippen LogP contribution in [0.4, 0.5) is 0 Å². The van der Waals surface area contributed by atoms with Crippen LogP contribution in [-0.4, -0.2) is 56.2 Å². The van der Waals surface area contributed by atoms with E-state index in [-0.39, 0.29) is 0 Å². The van der Waals surface area contributed by atoms with Crippen LogP contribution in [0.1, 0.15) is 20.8 Å². The zero-order valence-corrected chi connectivity index (χ0v) is 11.6. The van der Waals surface area contributed by atoms with E-state index in [1.807, 2.05) is 0 Å². The first kappa shape index (κ1) is 16.3. The van der Waals surface area contributed by atoms with Crippen molar-refractivity contribution < 1.29 is 18.3 Å². The molecule has 0 heterocycles. The molecular weight excluding hydrogens is 244 g/mol. The maximum absolute atomic E-state index is 11.6. The van der Waals surface area contributed by atoms with E-state index in [9.17, 15) is 13.2 Å². The molecule has 6 nitrogen and oxygen atoms in total. The van der Waals surface area contributed by atoms with Gasteiger partial charge in [-0.1, -0.05) is 0 Å². The number of carbonyl (C=O) groups is 1. The summed E-state index contributed by atoms with van der Waals surface area (Å²) < 4.78 is 21.3. The van der Waals surface area contributed by atoms with E-state index in [2.05, 4.69) is 10.6 Å². The van der Waals surface area contributed by atoms with Gasteiger partial charge < -0.3 is 15.7 Å². The third-order valence-electron chi connectivity index (χ3n) is 2.50. The van der Waals surface area contributed by atoms with Gasteiger partial charge in [-0.15, -0.1) is 0 Å². The molecule has 0 spiro atoms. The molecule has 0 saturated heterocycles. The second-order valence-electron chi connectivity index (χ2n) is 4.59. The van der Waals surface area contributed by atoms with Crippen molar-refractivity contribution in [2.45, 2.75) is 31.6 Å². The standard InChI is InChI=1S/C10H22N2O4S/c1-8(13)7-11-5-6-12-9(14)10(2,3)17(4,15)16/h8,11,13H,5-7H2,1-4H3,(H,12,14). The highest BCUT2D eigenvalue weighted by molar-refractivity contribution is 7.92. The molecule has 0 aromatic heterocycles. The van der Waals surface area contributed by atoms with E-state index >= 15 is 0 Å². The fourth-order valence-corrected chi connectivity index (χ4v) is 1.37. The van der Waals surface area contributed by atoms with Crippen molar-refractivity contribution in [2.75, 3.05) is 25.9 Å². The van der Waals surface area contributed by atoms with Crippen molar-refractivity contribution in [3.05, 3.63) is 0 Å². The molecule has 1 atom stereocenters. The molecule has 1 amide bonds. The lowest BCUT2D eigenvalue weighted by molar-refractivity contribution is -0.122. The molecule has 1 unspecified atom stereocenters. The number of hydrogen-bond donors (Lipinski definition) is 3. The fraction of sp³-hybridized carbons (Fsp3) is 0.900. The largest absolute Gasteiger partial charge is 0.392 e. The minimum atomic E-state index is -3.43. The number of aliphatic hydroxyl groups is 1. The lowest BCUT2D eigenvalue weighted by Crippen LogP contribution is -2.49. The van der Waals surface area contributed by atoms with Crippen LogP contribution in [0.2, 0.25) is 0 Å². The minimum Gasteiger partial charge on any atom is -0.392 e. The third-order valence-corrected chi connectivity index (χ3v) is 4.54. The summed E-state index contributed by atoms with van der Waals surface area (Å²) in [6.07, 6.45) is 0.594. The van der Waals surface area contributed by atoms with Crippen LogP contribution in [0.5, 0.6) is 0 Å². The van der Waals surface area contributed by atoms with Crippen molar-refractivity contribution in [3.63, 3.8) is 0 Å². The van der Waals surface area contributed by atoms with Gasteiger partial charge in [-0.05, 0) is 20.8 Å². The van der Waals surface area contributed by atoms with Gasteiger partial charge in [0.15, 0.2) is 9.84 Å². The van der Waals surface area contributed by atoms with Gasteiger partial charge in [-0.25, -0.2) is 8.42 Å². The van der Waals surface area contributed by atoms with E-state index in [1.165, 1.54) is 13.8 Å². The zero-order chi connectivity index (χ0) is 13.7. The molecule has 3 N–H and O–H groups in total. The van der Waals surface area contributed by atoms with Gasteiger partial charge in [-0.2, -0.15) is 0 Å². The summed E-state index contributed by atoms with van der Waals surface area (Å²) in [5, 5.41) is 14.4. The van der Waals surface area contributed by atoms with Crippen molar-refractivity contribution in [3.8, 4) is 0 Å². The maximum atomic E-state index is 11.6. The van der Waals surface area contributed by atoms with E-state index < -0.39 is 26.6 Å². The number of amides is 1. The Balaban J connectivity index is 4.04. The first-order valence-corrected chi connectivity index (χ1v) is 7.35. The zero-order valence-electron chi connectivity index (χ0n) is 10.8. The summed E-state index contributed by atoms with van der Waals surface area (Å²) >= 11 is 0. The normalized spacial score (nSPS) is 14.4. The highest BCUT2D eigenvalue weighted by Crippen LogP contribution is 2.14. The van der Waals surface area contributed by atoms with E-state index in [0.717, 1.165) is 6.26 Å². The first-order chi connectivity index (χ1) is 7.59. The highest BCUT2D eigenvalue weighted by Gasteiger charge is 2.37. The molecule has 0 fully saturated rings. The topological polar surface area (TPSA) is 95.5 Å². The molecule has 0 aliphatic heterocycles. The van der Waals surface area contributed by atoms with Crippen LogP contribution >= 0.6 is 0 Å². The van der Waals surface area contributed by atoms with Gasteiger partial charge in [0.1, 0.15) is 4.75 Å². The lowest BCUT2D eigenvalue weighted by atomic mass is 10.2. The van der Waals surface area contributed by atoms with Crippen LogP contribution in [0, 0.1) is 0 Å². The van der Waals surface area contributed by atoms with Crippen LogP contribution in [0.15, 0.2) is 0 Å². The molecule has 0 saturated carbocycles. The maximum Gasteiger partial charge on any atom is 0.240 e. The Morgan fingerprint density at radius 2 is 1.88 bits per heavy atom. The number of sulfone groups is 1. The van der Waals surface area contributed by atoms with Gasteiger partial charge >= 0.3 is 0 Å². The van der Waals surface area contributed by atoms with Crippen molar-refractivity contribution >= 4 is 15.7 Å². The van der Waals surface area contributed by atoms with Crippen molar-refractivity contribution in [2.24, 2.45) is 0 Å². The summed E-state index contributed by atoms with van der Waals surface area (Å²) in [7, 11) is -3.43. The SMILES string of the molecule is CC(O)CNCCNC(=O)C(C)(C)S(C)(=O)=O. The molecule has 0 aromatic carbocycles. The van der Waals surface area contributed by atoms with Gasteiger partial charge in [0, 0.05) is 25.9 Å². The Morgan fingerprint density at radius 1 is 1.35 bits per heavy atom. The number of hydrogen-bond acceptors (Lipinski definition) is 5. The molecule has 0 bridgehead atoms. The molecule has 102 valence electrons. The lowest BCUT2D eigenvalue weighted by Gasteiger charge is -2.21. The molecule has 0 aliphatic carbocycles. The second kappa shape index (κ2) is 6.32. The molecule has 0 rings (SSSR count). The van der Waals surface area contributed by atoms with Gasteiger partial charge in [-0.3, -0.25) is 4.79 Å². The molecule has 0 aromatic rings. The Bertz CT molecular complexity index is 349. The predicted molar refractivity (Wildman–Crippen MR) is 66.5 cm³/mol. The average molecular weight is 266 g/mol. The Morgan fingerprint density at radius 3 is 2.29 bits per heavy atom. The number of rotatable bonds is 7. The molecule has 7 heteroatoms. The smallest absolute Gasteiger partial charge is 0.240 e. The summed E-state index contributed by atoms with van der Waals surface area (Å²) in [6, 6.07) is 0. The number of carbonyl (C=O) groups excluding carboxylic acids is 1. The summed E-state index contributed by atoms with van der Waals surface area (Å²) in [5.74, 6) is -0.515. The van der Waals surface area contributed by atoms with Gasteiger partial charge in [0.2, 0.25) is 5.91 Å². The van der Waals surface area contributed by atoms with Gasteiger partial charge in [0.05, 0.1) is 6.10 Å². The number of nitrogens with one attached hydrogen (secondary N) is 2. The van der Waals surface area contributed by atoms with E-state index in [1.54, 1.807) is 6.92 Å². The van der Waals surface area contributed by atoms with E-state index in [4.69, 9.17) is 5.11 Å². The first-order valence-electron chi connectivity index (χ1n) is 5.45. The summed E-state index contributed by atoms with van der Waals surface area (Å²) in [5.41, 5.74) is 0. The highest BCUT2D eigenvalue weighted by atomic mass is 32.2. The van der Waals surface area contributed by atoms with Gasteiger partial charge in [0.25, 0.3) is 0 Å². The molecule has 0 aliphatic rings. The van der Waals surface area contributed by atoms with Crippen LogP contribution in [0.3, 0.4) is 0 Å². The summed E-state index contributed by atoms with van der Waals surface area (Å²) in [4.78, 5) is 11.6. The number of aliphatic hydroxyl groups excluding tert-OH is 1. The average Bonchev–Trinajstić information content (AvgIpc) is 2.14. The second-order valence-corrected chi connectivity index (χ2v) is 7.16. The van der Waals surface area contributed by atoms with Crippen LogP contribution < -0.4 is 10.6 Å². The quantitative estimate of drug-likeness (QED) is 0.508. The Labute approximate surface area is 103 Å². The van der Waals surface area contributed by atoms with Crippen LogP contribution in [-0.2, 0) is 14.6 Å². The molecular formula is C10H22N2O4S. The Kier molecular flexibility index (Phi) is 6.08. The van der Waals surface area contributed by atoms with Crippen LogP contribution in [0.25, 0.3) is 0 Å². The monoisotopic (exact) mass is 266 g/mol. The summed E-state index contributed by atoms with van der Waals surface area (Å²) in [6.45, 7) is 5.65. The van der Waals surface area contributed by atoms with Crippen molar-refractivity contribution in [1.82, 2.24) is 10.6 Å².